The van der Waals surface area contributed by atoms with Crippen LogP contribution in [0.15, 0.2) is 18.2 Å². The van der Waals surface area contributed by atoms with E-state index in [0.29, 0.717) is 18.8 Å². The fourth-order valence-electron chi connectivity index (χ4n) is 1.71. The number of nitrogens with zero attached hydrogens (tertiary/aromatic N) is 2. The topological polar surface area (TPSA) is 75.8 Å². The maximum Gasteiger partial charge on any atom is 0.270 e. The van der Waals surface area contributed by atoms with Crippen LogP contribution in [0.3, 0.4) is 0 Å². The normalized spacial score (nSPS) is 11.1. The monoisotopic (exact) mass is 268 g/mol. The Labute approximate surface area is 112 Å². The van der Waals surface area contributed by atoms with Gasteiger partial charge in [-0.3, -0.25) is 15.0 Å². The van der Waals surface area contributed by atoms with Crippen LogP contribution in [-0.2, 0) is 6.54 Å². The van der Waals surface area contributed by atoms with Crippen molar-refractivity contribution in [3.8, 4) is 5.75 Å². The minimum absolute atomic E-state index is 0.00311. The number of aliphatic hydroxyl groups excluding tert-OH is 1. The van der Waals surface area contributed by atoms with Crippen LogP contribution >= 0.6 is 0 Å². The molecule has 0 atom stereocenters. The summed E-state index contributed by atoms with van der Waals surface area (Å²) in [7, 11) is 1.84. The molecule has 0 unspecified atom stereocenters. The highest BCUT2D eigenvalue weighted by Gasteiger charge is 2.14. The highest BCUT2D eigenvalue weighted by molar-refractivity contribution is 5.43. The van der Waals surface area contributed by atoms with Gasteiger partial charge in [-0.15, -0.1) is 0 Å². The molecule has 0 radical (unpaired) electrons. The maximum absolute atomic E-state index is 10.8. The number of benzene rings is 1. The fraction of sp³-hybridized carbons (Fsp3) is 0.538. The predicted octanol–water partition coefficient (Wildman–Crippen LogP) is 1.81. The summed E-state index contributed by atoms with van der Waals surface area (Å²) in [6, 6.07) is 4.58. The number of ether oxygens (including phenoxy) is 1. The van der Waals surface area contributed by atoms with Gasteiger partial charge in [0.25, 0.3) is 5.69 Å². The molecule has 1 aromatic carbocycles. The molecular weight excluding hydrogens is 248 g/mol. The Balaban J connectivity index is 2.99. The van der Waals surface area contributed by atoms with Crippen LogP contribution in [0.25, 0.3) is 0 Å². The molecule has 106 valence electrons. The Morgan fingerprint density at radius 2 is 2.16 bits per heavy atom. The van der Waals surface area contributed by atoms with Gasteiger partial charge in [0.05, 0.1) is 17.6 Å². The zero-order chi connectivity index (χ0) is 14.4. The van der Waals surface area contributed by atoms with Gasteiger partial charge in [-0.2, -0.15) is 0 Å². The Kier molecular flexibility index (Phi) is 5.72. The van der Waals surface area contributed by atoms with Crippen molar-refractivity contribution in [2.24, 2.45) is 0 Å². The van der Waals surface area contributed by atoms with Gasteiger partial charge in [-0.1, -0.05) is 0 Å². The van der Waals surface area contributed by atoms with Crippen molar-refractivity contribution in [3.05, 3.63) is 33.9 Å². The minimum atomic E-state index is -0.422. The summed E-state index contributed by atoms with van der Waals surface area (Å²) in [5, 5.41) is 19.7. The second-order valence-electron chi connectivity index (χ2n) is 4.68. The molecule has 0 saturated heterocycles. The van der Waals surface area contributed by atoms with Crippen molar-refractivity contribution < 1.29 is 14.8 Å². The van der Waals surface area contributed by atoms with Gasteiger partial charge in [-0.25, -0.2) is 0 Å². The quantitative estimate of drug-likeness (QED) is 0.603. The van der Waals surface area contributed by atoms with E-state index >= 15 is 0 Å². The summed E-state index contributed by atoms with van der Waals surface area (Å²) in [6.07, 6.45) is 0.00311. The van der Waals surface area contributed by atoms with Crippen molar-refractivity contribution in [1.29, 1.82) is 0 Å². The molecule has 0 aliphatic rings. The third kappa shape index (κ3) is 4.84. The number of hydrogen-bond donors (Lipinski definition) is 1. The smallest absolute Gasteiger partial charge is 0.270 e. The van der Waals surface area contributed by atoms with Crippen molar-refractivity contribution in [3.63, 3.8) is 0 Å². The number of nitro benzene ring substituents is 1. The third-order valence-corrected chi connectivity index (χ3v) is 2.54. The van der Waals surface area contributed by atoms with Crippen molar-refractivity contribution in [2.45, 2.75) is 26.5 Å². The first-order valence-electron chi connectivity index (χ1n) is 6.17. The van der Waals surface area contributed by atoms with Gasteiger partial charge in [0, 0.05) is 30.8 Å². The molecule has 1 N–H and O–H groups in total. The van der Waals surface area contributed by atoms with Gasteiger partial charge < -0.3 is 9.84 Å². The molecule has 6 heteroatoms. The van der Waals surface area contributed by atoms with Gasteiger partial charge in [0.2, 0.25) is 0 Å². The Morgan fingerprint density at radius 1 is 1.47 bits per heavy atom. The van der Waals surface area contributed by atoms with E-state index in [-0.39, 0.29) is 18.4 Å². The van der Waals surface area contributed by atoms with E-state index < -0.39 is 4.92 Å². The zero-order valence-electron chi connectivity index (χ0n) is 11.5. The largest absolute Gasteiger partial charge is 0.491 e. The molecule has 0 amide bonds. The summed E-state index contributed by atoms with van der Waals surface area (Å²) in [4.78, 5) is 12.3. The molecule has 1 aromatic rings. The molecule has 6 nitrogen and oxygen atoms in total. The summed E-state index contributed by atoms with van der Waals surface area (Å²) in [6.45, 7) is 4.85. The van der Waals surface area contributed by atoms with E-state index in [1.807, 2.05) is 25.8 Å². The van der Waals surface area contributed by atoms with Crippen molar-refractivity contribution in [2.75, 3.05) is 20.2 Å². The molecule has 19 heavy (non-hydrogen) atoms. The fourth-order valence-corrected chi connectivity index (χ4v) is 1.71. The van der Waals surface area contributed by atoms with E-state index in [9.17, 15) is 10.1 Å². The third-order valence-electron chi connectivity index (χ3n) is 2.54. The van der Waals surface area contributed by atoms with E-state index in [4.69, 9.17) is 9.84 Å². The number of aliphatic hydroxyl groups is 1. The highest BCUT2D eigenvalue weighted by Crippen LogP contribution is 2.26. The average molecular weight is 268 g/mol. The van der Waals surface area contributed by atoms with Crippen LogP contribution in [0.4, 0.5) is 5.69 Å². The van der Waals surface area contributed by atoms with E-state index in [0.717, 1.165) is 5.56 Å². The molecule has 0 saturated carbocycles. The standard InChI is InChI=1S/C13H20N2O4/c1-10(2)19-13-5-4-12(15(17)18)8-11(13)9-14(3)6-7-16/h4-5,8,10,16H,6-7,9H2,1-3H3. The van der Waals surface area contributed by atoms with Crippen LogP contribution < -0.4 is 4.74 Å². The predicted molar refractivity (Wildman–Crippen MR) is 72.3 cm³/mol. The second kappa shape index (κ2) is 7.06. The van der Waals surface area contributed by atoms with Crippen LogP contribution in [0.5, 0.6) is 5.75 Å². The van der Waals surface area contributed by atoms with Gasteiger partial charge in [0.1, 0.15) is 5.75 Å². The van der Waals surface area contributed by atoms with Crippen LogP contribution in [-0.4, -0.2) is 41.2 Å². The highest BCUT2D eigenvalue weighted by atomic mass is 16.6. The van der Waals surface area contributed by atoms with Crippen molar-refractivity contribution >= 4 is 5.69 Å². The number of nitro groups is 1. The lowest BCUT2D eigenvalue weighted by molar-refractivity contribution is -0.385. The molecule has 0 spiro atoms. The molecule has 0 aliphatic heterocycles. The molecule has 0 bridgehead atoms. The first kappa shape index (κ1) is 15.4. The molecule has 0 aromatic heterocycles. The molecule has 1 rings (SSSR count). The first-order chi connectivity index (χ1) is 8.93. The van der Waals surface area contributed by atoms with E-state index in [1.165, 1.54) is 12.1 Å². The number of likely N-dealkylation sites (N-methyl/N-ethyl adjacent to an activating group) is 1. The molecule has 0 aliphatic carbocycles. The number of hydrogen-bond acceptors (Lipinski definition) is 5. The SMILES string of the molecule is CC(C)Oc1ccc([N+](=O)[O-])cc1CN(C)CCO. The second-order valence-corrected chi connectivity index (χ2v) is 4.68. The summed E-state index contributed by atoms with van der Waals surface area (Å²) < 4.78 is 5.65. The van der Waals surface area contributed by atoms with Crippen molar-refractivity contribution in [1.82, 2.24) is 4.90 Å². The Morgan fingerprint density at radius 3 is 2.68 bits per heavy atom. The lowest BCUT2D eigenvalue weighted by atomic mass is 10.1. The first-order valence-corrected chi connectivity index (χ1v) is 6.17. The van der Waals surface area contributed by atoms with E-state index in [2.05, 4.69) is 0 Å². The Hall–Kier alpha value is -1.66. The Bertz CT molecular complexity index is 435. The number of non-ortho nitro benzene ring substituents is 1. The van der Waals surface area contributed by atoms with Crippen LogP contribution in [0.1, 0.15) is 19.4 Å². The lowest BCUT2D eigenvalue weighted by Crippen LogP contribution is -2.22. The number of rotatable bonds is 7. The maximum atomic E-state index is 10.8. The molecule has 0 fully saturated rings. The van der Waals surface area contributed by atoms with E-state index in [1.54, 1.807) is 6.07 Å². The van der Waals surface area contributed by atoms with Crippen LogP contribution in [0, 0.1) is 10.1 Å². The van der Waals surface area contributed by atoms with Crippen LogP contribution in [0.2, 0.25) is 0 Å². The zero-order valence-corrected chi connectivity index (χ0v) is 11.5. The summed E-state index contributed by atoms with van der Waals surface area (Å²) >= 11 is 0. The summed E-state index contributed by atoms with van der Waals surface area (Å²) in [5.74, 6) is 0.644. The summed E-state index contributed by atoms with van der Waals surface area (Å²) in [5.41, 5.74) is 0.794. The van der Waals surface area contributed by atoms with Gasteiger partial charge >= 0.3 is 0 Å². The molecular formula is C13H20N2O4. The minimum Gasteiger partial charge on any atom is -0.491 e. The van der Waals surface area contributed by atoms with Gasteiger partial charge in [-0.05, 0) is 27.0 Å². The molecule has 0 heterocycles. The van der Waals surface area contributed by atoms with Gasteiger partial charge in [0.15, 0.2) is 0 Å². The lowest BCUT2D eigenvalue weighted by Gasteiger charge is -2.19. The average Bonchev–Trinajstić information content (AvgIpc) is 2.30.